The summed E-state index contributed by atoms with van der Waals surface area (Å²) in [7, 11) is 0. The van der Waals surface area contributed by atoms with Crippen LogP contribution in [0.4, 0.5) is 10.2 Å². The number of ether oxygens (including phenoxy) is 1. The summed E-state index contributed by atoms with van der Waals surface area (Å²) in [6, 6.07) is 3.28. The molecule has 1 aromatic heterocycles. The summed E-state index contributed by atoms with van der Waals surface area (Å²) in [4.78, 5) is 14.3. The molecule has 6 nitrogen and oxygen atoms in total. The normalized spacial score (nSPS) is 15.1. The van der Waals surface area contributed by atoms with E-state index in [1.54, 1.807) is 12.1 Å². The summed E-state index contributed by atoms with van der Waals surface area (Å²) in [5.41, 5.74) is 0.467. The third-order valence-electron chi connectivity index (χ3n) is 3.61. The van der Waals surface area contributed by atoms with Crippen molar-refractivity contribution in [1.29, 1.82) is 0 Å². The molecule has 0 aliphatic carbocycles. The second-order valence-electron chi connectivity index (χ2n) is 5.35. The lowest BCUT2D eigenvalue weighted by Crippen LogP contribution is -2.37. The maximum atomic E-state index is 14.0. The quantitative estimate of drug-likeness (QED) is 0.756. The zero-order valence-electron chi connectivity index (χ0n) is 13.1. The van der Waals surface area contributed by atoms with Gasteiger partial charge in [-0.15, -0.1) is 0 Å². The minimum Gasteiger partial charge on any atom is -0.506 e. The highest BCUT2D eigenvalue weighted by atomic mass is 79.9. The molecule has 0 unspecified atom stereocenters. The van der Waals surface area contributed by atoms with Crippen LogP contribution in [0.2, 0.25) is 5.02 Å². The predicted octanol–water partition coefficient (Wildman–Crippen LogP) is 3.19. The van der Waals surface area contributed by atoms with Crippen LogP contribution in [0.25, 0.3) is 0 Å². The zero-order valence-corrected chi connectivity index (χ0v) is 15.5. The molecule has 0 radical (unpaired) electrons. The number of benzene rings is 1. The summed E-state index contributed by atoms with van der Waals surface area (Å²) in [5.74, 6) is 0.130. The van der Waals surface area contributed by atoms with Gasteiger partial charge in [0.05, 0.1) is 31.0 Å². The van der Waals surface area contributed by atoms with E-state index in [0.717, 1.165) is 10.7 Å². The highest BCUT2D eigenvalue weighted by Crippen LogP contribution is 2.30. The van der Waals surface area contributed by atoms with Gasteiger partial charge >= 0.3 is 0 Å². The average molecular weight is 430 g/mol. The first-order valence-corrected chi connectivity index (χ1v) is 8.73. The number of phenolic OH excluding ortho intramolecular Hbond substituents is 1. The molecule has 25 heavy (non-hydrogen) atoms. The topological polar surface area (TPSA) is 70.8 Å². The van der Waals surface area contributed by atoms with Crippen LogP contribution in [0.5, 0.6) is 5.75 Å². The second kappa shape index (κ2) is 8.07. The molecule has 0 bridgehead atoms. The fourth-order valence-corrected chi connectivity index (χ4v) is 3.21. The van der Waals surface area contributed by atoms with Crippen molar-refractivity contribution in [2.24, 2.45) is 4.99 Å². The van der Waals surface area contributed by atoms with Gasteiger partial charge in [0, 0.05) is 29.3 Å². The fourth-order valence-electron chi connectivity index (χ4n) is 2.38. The van der Waals surface area contributed by atoms with Crippen molar-refractivity contribution in [2.75, 3.05) is 31.2 Å². The first-order valence-electron chi connectivity index (χ1n) is 7.56. The van der Waals surface area contributed by atoms with E-state index in [0.29, 0.717) is 37.7 Å². The largest absolute Gasteiger partial charge is 0.506 e. The first kappa shape index (κ1) is 18.0. The number of halogens is 3. The van der Waals surface area contributed by atoms with Gasteiger partial charge in [-0.3, -0.25) is 4.99 Å². The summed E-state index contributed by atoms with van der Waals surface area (Å²) in [6.45, 7) is 2.41. The maximum absolute atomic E-state index is 14.0. The lowest BCUT2D eigenvalue weighted by molar-refractivity contribution is 0.122. The number of rotatable bonds is 4. The molecule has 1 N–H and O–H groups in total. The molecule has 1 aliphatic heterocycles. The molecule has 9 heteroatoms. The molecule has 3 rings (SSSR count). The van der Waals surface area contributed by atoms with Crippen molar-refractivity contribution in [2.45, 2.75) is 6.54 Å². The number of anilines is 1. The number of nitrogens with zero attached hydrogens (tertiary/aromatic N) is 4. The summed E-state index contributed by atoms with van der Waals surface area (Å²) >= 11 is 9.22. The van der Waals surface area contributed by atoms with Gasteiger partial charge in [-0.25, -0.2) is 14.4 Å². The maximum Gasteiger partial charge on any atom is 0.183 e. The number of hydrogen-bond acceptors (Lipinski definition) is 6. The Kier molecular flexibility index (Phi) is 5.82. The Hall–Kier alpha value is -1.77. The van der Waals surface area contributed by atoms with E-state index < -0.39 is 5.82 Å². The number of aromatic nitrogens is 2. The standard InChI is InChI=1S/C16H15BrClFN4O2/c17-11-5-10(15(24)12(18)6-11)7-20-9-14-21-8-13(19)16(22-14)23-1-3-25-4-2-23/h5-8,24H,1-4,9H2. The molecule has 0 atom stereocenters. The summed E-state index contributed by atoms with van der Waals surface area (Å²) in [6.07, 6.45) is 2.63. The number of hydrogen-bond donors (Lipinski definition) is 1. The molecular formula is C16H15BrClFN4O2. The Morgan fingerprint density at radius 3 is 2.92 bits per heavy atom. The summed E-state index contributed by atoms with van der Waals surface area (Å²) < 4.78 is 20.0. The Labute approximate surface area is 157 Å². The third kappa shape index (κ3) is 4.45. The van der Waals surface area contributed by atoms with E-state index in [9.17, 15) is 9.50 Å². The van der Waals surface area contributed by atoms with Crippen molar-refractivity contribution in [3.8, 4) is 5.75 Å². The molecule has 132 valence electrons. The van der Waals surface area contributed by atoms with Crippen molar-refractivity contribution < 1.29 is 14.2 Å². The van der Waals surface area contributed by atoms with Crippen LogP contribution in [0, 0.1) is 5.82 Å². The van der Waals surface area contributed by atoms with Crippen molar-refractivity contribution in [1.82, 2.24) is 9.97 Å². The molecule has 2 aromatic rings. The van der Waals surface area contributed by atoms with Crippen molar-refractivity contribution in [3.63, 3.8) is 0 Å². The predicted molar refractivity (Wildman–Crippen MR) is 97.1 cm³/mol. The van der Waals surface area contributed by atoms with Gasteiger partial charge in [0.2, 0.25) is 0 Å². The Balaban J connectivity index is 1.75. The van der Waals surface area contributed by atoms with Crippen LogP contribution < -0.4 is 4.90 Å². The van der Waals surface area contributed by atoms with Crippen LogP contribution in [0.3, 0.4) is 0 Å². The van der Waals surface area contributed by atoms with Gasteiger partial charge in [-0.05, 0) is 12.1 Å². The van der Waals surface area contributed by atoms with Gasteiger partial charge < -0.3 is 14.7 Å². The number of aromatic hydroxyl groups is 1. The van der Waals surface area contributed by atoms with E-state index in [2.05, 4.69) is 30.9 Å². The molecule has 1 aliphatic rings. The zero-order chi connectivity index (χ0) is 17.8. The van der Waals surface area contributed by atoms with Crippen LogP contribution >= 0.6 is 27.5 Å². The molecule has 0 amide bonds. The molecule has 1 saturated heterocycles. The summed E-state index contributed by atoms with van der Waals surface area (Å²) in [5, 5.41) is 10.2. The van der Waals surface area contributed by atoms with Crippen LogP contribution in [0.1, 0.15) is 11.4 Å². The van der Waals surface area contributed by atoms with Crippen LogP contribution in [-0.2, 0) is 11.3 Å². The second-order valence-corrected chi connectivity index (χ2v) is 6.68. The van der Waals surface area contributed by atoms with Crippen LogP contribution in [-0.4, -0.2) is 47.6 Å². The van der Waals surface area contributed by atoms with Gasteiger partial charge in [0.15, 0.2) is 17.5 Å². The van der Waals surface area contributed by atoms with Gasteiger partial charge in [-0.2, -0.15) is 0 Å². The molecule has 1 aromatic carbocycles. The number of morpholine rings is 1. The Morgan fingerprint density at radius 1 is 1.40 bits per heavy atom. The molecule has 0 saturated carbocycles. The smallest absolute Gasteiger partial charge is 0.183 e. The minimum atomic E-state index is -0.467. The molecule has 1 fully saturated rings. The fraction of sp³-hybridized carbons (Fsp3) is 0.312. The van der Waals surface area contributed by atoms with Gasteiger partial charge in [0.1, 0.15) is 5.75 Å². The van der Waals surface area contributed by atoms with Gasteiger partial charge in [-0.1, -0.05) is 27.5 Å². The first-order chi connectivity index (χ1) is 12.0. The van der Waals surface area contributed by atoms with E-state index >= 15 is 0 Å². The van der Waals surface area contributed by atoms with E-state index in [1.807, 2.05) is 4.90 Å². The highest BCUT2D eigenvalue weighted by molar-refractivity contribution is 9.10. The lowest BCUT2D eigenvalue weighted by Gasteiger charge is -2.28. The molecule has 0 spiro atoms. The number of phenols is 1. The monoisotopic (exact) mass is 428 g/mol. The third-order valence-corrected chi connectivity index (χ3v) is 4.35. The van der Waals surface area contributed by atoms with E-state index in [1.165, 1.54) is 6.21 Å². The van der Waals surface area contributed by atoms with Crippen molar-refractivity contribution in [3.05, 3.63) is 45.0 Å². The minimum absolute atomic E-state index is 0.0531. The molecule has 2 heterocycles. The Bertz CT molecular complexity index is 800. The average Bonchev–Trinajstić information content (AvgIpc) is 2.61. The van der Waals surface area contributed by atoms with Gasteiger partial charge in [0.25, 0.3) is 0 Å². The van der Waals surface area contributed by atoms with E-state index in [4.69, 9.17) is 16.3 Å². The van der Waals surface area contributed by atoms with Crippen molar-refractivity contribution >= 4 is 39.6 Å². The Morgan fingerprint density at radius 2 is 2.16 bits per heavy atom. The van der Waals surface area contributed by atoms with Crippen LogP contribution in [0.15, 0.2) is 27.8 Å². The number of aliphatic imine (C=N–C) groups is 1. The SMILES string of the molecule is Oc1c(Cl)cc(Br)cc1C=NCc1ncc(F)c(N2CCOCC2)n1. The molecular weight excluding hydrogens is 415 g/mol. The lowest BCUT2D eigenvalue weighted by atomic mass is 10.2. The van der Waals surface area contributed by atoms with E-state index in [-0.39, 0.29) is 23.1 Å². The highest BCUT2D eigenvalue weighted by Gasteiger charge is 2.17.